The van der Waals surface area contributed by atoms with Crippen LogP contribution in [0.25, 0.3) is 0 Å². The molecule has 1 amide bonds. The van der Waals surface area contributed by atoms with Crippen molar-refractivity contribution in [3.05, 3.63) is 35.9 Å². The number of esters is 1. The number of aliphatic carboxylic acids is 1. The maximum atomic E-state index is 12.2. The maximum absolute atomic E-state index is 12.2. The minimum atomic E-state index is -1.06. The van der Waals surface area contributed by atoms with Crippen LogP contribution in [0.3, 0.4) is 0 Å². The van der Waals surface area contributed by atoms with Gasteiger partial charge in [-0.25, -0.2) is 0 Å². The molecule has 32 heavy (non-hydrogen) atoms. The van der Waals surface area contributed by atoms with Crippen LogP contribution in [0.15, 0.2) is 30.3 Å². The van der Waals surface area contributed by atoms with Crippen molar-refractivity contribution >= 4 is 17.8 Å². The monoisotopic (exact) mass is 451 g/mol. The van der Waals surface area contributed by atoms with Gasteiger partial charge in [0, 0.05) is 18.9 Å². The first kappa shape index (κ1) is 24.1. The molecule has 2 heterocycles. The van der Waals surface area contributed by atoms with Crippen LogP contribution in [0.1, 0.15) is 39.0 Å². The number of carboxylic acids is 1. The van der Waals surface area contributed by atoms with Crippen molar-refractivity contribution in [1.82, 2.24) is 5.32 Å². The van der Waals surface area contributed by atoms with Crippen molar-refractivity contribution in [3.8, 4) is 0 Å². The fourth-order valence-electron chi connectivity index (χ4n) is 3.57. The minimum Gasteiger partial charge on any atom is -0.481 e. The molecule has 0 aliphatic carbocycles. The molecule has 0 spiro atoms. The number of carbonyl (C=O) groups excluding carboxylic acids is 2. The van der Waals surface area contributed by atoms with E-state index in [1.807, 2.05) is 30.3 Å². The van der Waals surface area contributed by atoms with Crippen molar-refractivity contribution in [3.63, 3.8) is 0 Å². The van der Waals surface area contributed by atoms with E-state index < -0.39 is 54.8 Å². The van der Waals surface area contributed by atoms with Crippen LogP contribution in [0.2, 0.25) is 0 Å². The third-order valence-electron chi connectivity index (χ3n) is 5.27. The molecule has 10 heteroatoms. The summed E-state index contributed by atoms with van der Waals surface area (Å²) in [5, 5.41) is 11.9. The van der Waals surface area contributed by atoms with Crippen LogP contribution in [-0.2, 0) is 38.1 Å². The zero-order valence-corrected chi connectivity index (χ0v) is 18.3. The van der Waals surface area contributed by atoms with Gasteiger partial charge in [0.1, 0.15) is 18.2 Å². The molecule has 1 aromatic rings. The fraction of sp³-hybridized carbons (Fsp3) is 0.591. The number of carbonyl (C=O) groups is 3. The molecule has 0 aromatic heterocycles. The van der Waals surface area contributed by atoms with Crippen LogP contribution in [0.4, 0.5) is 0 Å². The Kier molecular flexibility index (Phi) is 8.19. The zero-order chi connectivity index (χ0) is 23.3. The van der Waals surface area contributed by atoms with E-state index in [2.05, 4.69) is 5.32 Å². The summed E-state index contributed by atoms with van der Waals surface area (Å²) < 4.78 is 29.3. The van der Waals surface area contributed by atoms with Crippen LogP contribution in [0.5, 0.6) is 0 Å². The molecule has 176 valence electrons. The molecule has 2 fully saturated rings. The summed E-state index contributed by atoms with van der Waals surface area (Å²) in [5.41, 5.74) is 0.788. The maximum Gasteiger partial charge on any atom is 0.308 e. The van der Waals surface area contributed by atoms with E-state index >= 15 is 0 Å². The Bertz CT molecular complexity index is 802. The number of hydrogen-bond acceptors (Lipinski definition) is 8. The number of hydrogen-bond donors (Lipinski definition) is 2. The SMILES string of the molecule is CCC(=O)O[C@@H]1C(NC(C)=O)[C@H](OC[C@H](C)C(=O)O)OC2COC(c3ccccc3)O[C@@H]21. The smallest absolute Gasteiger partial charge is 0.308 e. The molecule has 2 saturated heterocycles. The van der Waals surface area contributed by atoms with Crippen molar-refractivity contribution < 1.29 is 43.2 Å². The number of fused-ring (bicyclic) bond motifs is 1. The Morgan fingerprint density at radius 3 is 2.56 bits per heavy atom. The van der Waals surface area contributed by atoms with Gasteiger partial charge < -0.3 is 34.1 Å². The van der Waals surface area contributed by atoms with Crippen LogP contribution >= 0.6 is 0 Å². The lowest BCUT2D eigenvalue weighted by molar-refractivity contribution is -0.345. The first-order valence-electron chi connectivity index (χ1n) is 10.6. The number of ether oxygens (including phenoxy) is 5. The first-order chi connectivity index (χ1) is 15.3. The second kappa shape index (κ2) is 10.9. The summed E-state index contributed by atoms with van der Waals surface area (Å²) in [7, 11) is 0. The average molecular weight is 451 g/mol. The Morgan fingerprint density at radius 1 is 1.22 bits per heavy atom. The van der Waals surface area contributed by atoms with E-state index in [0.29, 0.717) is 0 Å². The number of benzene rings is 1. The van der Waals surface area contributed by atoms with Gasteiger partial charge in [-0.15, -0.1) is 0 Å². The van der Waals surface area contributed by atoms with Gasteiger partial charge in [0.15, 0.2) is 18.7 Å². The topological polar surface area (TPSA) is 130 Å². The Morgan fingerprint density at radius 2 is 1.94 bits per heavy atom. The van der Waals surface area contributed by atoms with Gasteiger partial charge in [0.25, 0.3) is 0 Å². The van der Waals surface area contributed by atoms with Crippen LogP contribution < -0.4 is 5.32 Å². The van der Waals surface area contributed by atoms with E-state index in [4.69, 9.17) is 28.8 Å². The molecule has 7 atom stereocenters. The summed E-state index contributed by atoms with van der Waals surface area (Å²) >= 11 is 0. The summed E-state index contributed by atoms with van der Waals surface area (Å²) in [4.78, 5) is 35.3. The third kappa shape index (κ3) is 5.83. The molecule has 2 aliphatic rings. The minimum absolute atomic E-state index is 0.127. The fourth-order valence-corrected chi connectivity index (χ4v) is 3.57. The summed E-state index contributed by atoms with van der Waals surface area (Å²) in [5.74, 6) is -2.69. The highest BCUT2D eigenvalue weighted by atomic mass is 16.8. The molecule has 2 aliphatic heterocycles. The first-order valence-corrected chi connectivity index (χ1v) is 10.6. The van der Waals surface area contributed by atoms with Crippen LogP contribution in [0, 0.1) is 5.92 Å². The molecule has 3 unspecified atom stereocenters. The van der Waals surface area contributed by atoms with E-state index in [-0.39, 0.29) is 25.5 Å². The zero-order valence-electron chi connectivity index (χ0n) is 18.3. The molecule has 0 bridgehead atoms. The van der Waals surface area contributed by atoms with Gasteiger partial charge in [0.2, 0.25) is 5.91 Å². The van der Waals surface area contributed by atoms with Crippen molar-refractivity contribution in [2.24, 2.45) is 5.92 Å². The molecule has 0 radical (unpaired) electrons. The largest absolute Gasteiger partial charge is 0.481 e. The molecule has 3 rings (SSSR count). The van der Waals surface area contributed by atoms with Crippen molar-refractivity contribution in [2.45, 2.75) is 64.1 Å². The predicted octanol–water partition coefficient (Wildman–Crippen LogP) is 1.39. The van der Waals surface area contributed by atoms with E-state index in [9.17, 15) is 14.4 Å². The summed E-state index contributed by atoms with van der Waals surface area (Å²) in [6, 6.07) is 8.39. The van der Waals surface area contributed by atoms with E-state index in [0.717, 1.165) is 5.56 Å². The van der Waals surface area contributed by atoms with Gasteiger partial charge in [-0.1, -0.05) is 37.3 Å². The van der Waals surface area contributed by atoms with Gasteiger partial charge in [-0.05, 0) is 6.92 Å². The number of amides is 1. The van der Waals surface area contributed by atoms with Crippen LogP contribution in [-0.4, -0.2) is 66.8 Å². The highest BCUT2D eigenvalue weighted by molar-refractivity contribution is 5.73. The van der Waals surface area contributed by atoms with Gasteiger partial charge >= 0.3 is 11.9 Å². The Labute approximate surface area is 186 Å². The molecule has 10 nitrogen and oxygen atoms in total. The number of carboxylic acid groups (broad SMARTS) is 1. The summed E-state index contributed by atoms with van der Waals surface area (Å²) in [6.07, 6.45) is -3.95. The molecule has 2 N–H and O–H groups in total. The summed E-state index contributed by atoms with van der Waals surface area (Å²) in [6.45, 7) is 4.45. The van der Waals surface area contributed by atoms with E-state index in [1.165, 1.54) is 13.8 Å². The van der Waals surface area contributed by atoms with Gasteiger partial charge in [-0.3, -0.25) is 14.4 Å². The third-order valence-corrected chi connectivity index (χ3v) is 5.27. The predicted molar refractivity (Wildman–Crippen MR) is 109 cm³/mol. The van der Waals surface area contributed by atoms with Gasteiger partial charge in [0.05, 0.1) is 19.1 Å². The van der Waals surface area contributed by atoms with Gasteiger partial charge in [-0.2, -0.15) is 0 Å². The Hall–Kier alpha value is -2.53. The highest BCUT2D eigenvalue weighted by Gasteiger charge is 2.52. The normalized spacial score (nSPS) is 30.6. The molecule has 1 aromatic carbocycles. The Balaban J connectivity index is 1.86. The second-order valence-electron chi connectivity index (χ2n) is 7.83. The highest BCUT2D eigenvalue weighted by Crippen LogP contribution is 2.36. The average Bonchev–Trinajstić information content (AvgIpc) is 2.78. The lowest BCUT2D eigenvalue weighted by Crippen LogP contribution is -2.67. The lowest BCUT2D eigenvalue weighted by atomic mass is 9.95. The molecular formula is C22H29NO9. The molecular weight excluding hydrogens is 422 g/mol. The van der Waals surface area contributed by atoms with Crippen molar-refractivity contribution in [2.75, 3.05) is 13.2 Å². The lowest BCUT2D eigenvalue weighted by Gasteiger charge is -2.48. The quantitative estimate of drug-likeness (QED) is 0.563. The number of rotatable bonds is 8. The van der Waals surface area contributed by atoms with E-state index in [1.54, 1.807) is 6.92 Å². The number of nitrogens with one attached hydrogen (secondary N) is 1. The van der Waals surface area contributed by atoms with Crippen molar-refractivity contribution in [1.29, 1.82) is 0 Å². The second-order valence-corrected chi connectivity index (χ2v) is 7.83. The molecule has 0 saturated carbocycles. The standard InChI is InChI=1S/C22H29NO9/c1-4-16(25)31-19-17(23-13(3)24)22(28-10-12(2)20(26)27)30-15-11-29-21(32-18(15)19)14-8-6-5-7-9-14/h5-9,12,15,17-19,21-22H,4,10-11H2,1-3H3,(H,23,24)(H,26,27)/t12-,15?,17?,18-,19+,21?,22+/m0/s1.